The number of nitrogens with zero attached hydrogens (tertiary/aromatic N) is 2. The van der Waals surface area contributed by atoms with Crippen molar-refractivity contribution in [1.29, 1.82) is 0 Å². The summed E-state index contributed by atoms with van der Waals surface area (Å²) >= 11 is 6.07. The van der Waals surface area contributed by atoms with Gasteiger partial charge >= 0.3 is 0 Å². The van der Waals surface area contributed by atoms with Crippen LogP contribution < -0.4 is 9.46 Å². The number of sulfonamides is 1. The maximum atomic E-state index is 13.1. The third-order valence-corrected chi connectivity index (χ3v) is 6.34. The smallest absolute Gasteiger partial charge is 0.246 e. The maximum absolute atomic E-state index is 13.1. The van der Waals surface area contributed by atoms with Gasteiger partial charge < -0.3 is 4.74 Å². The lowest BCUT2D eigenvalue weighted by Gasteiger charge is -2.22. The number of halogens is 1. The van der Waals surface area contributed by atoms with E-state index in [0.717, 1.165) is 16.7 Å². The van der Waals surface area contributed by atoms with Crippen LogP contribution in [-0.2, 0) is 10.0 Å². The van der Waals surface area contributed by atoms with Gasteiger partial charge in [0.05, 0.1) is 10.7 Å². The molecule has 31 heavy (non-hydrogen) atoms. The van der Waals surface area contributed by atoms with Crippen LogP contribution in [0.25, 0.3) is 11.3 Å². The van der Waals surface area contributed by atoms with Crippen molar-refractivity contribution < 1.29 is 13.2 Å². The lowest BCUT2D eigenvalue weighted by Crippen LogP contribution is -2.40. The largest absolute Gasteiger partial charge is 0.437 e. The average molecular weight is 460 g/mol. The summed E-state index contributed by atoms with van der Waals surface area (Å²) in [5, 5.41) is 0.457. The molecule has 0 bridgehead atoms. The van der Waals surface area contributed by atoms with Gasteiger partial charge in [0.25, 0.3) is 0 Å². The first-order valence-electron chi connectivity index (χ1n) is 9.77. The second-order valence-corrected chi connectivity index (χ2v) is 10.7. The molecule has 0 aliphatic carbocycles. The van der Waals surface area contributed by atoms with Crippen LogP contribution in [0.4, 0.5) is 0 Å². The fourth-order valence-corrected chi connectivity index (χ4v) is 4.95. The zero-order valence-corrected chi connectivity index (χ0v) is 20.0. The van der Waals surface area contributed by atoms with E-state index in [-0.39, 0.29) is 10.8 Å². The van der Waals surface area contributed by atoms with E-state index in [0.29, 0.717) is 22.0 Å². The van der Waals surface area contributed by atoms with E-state index < -0.39 is 15.6 Å². The first kappa shape index (κ1) is 23.2. The van der Waals surface area contributed by atoms with Crippen LogP contribution >= 0.6 is 11.6 Å². The number of aromatic nitrogens is 2. The van der Waals surface area contributed by atoms with Gasteiger partial charge in [0.1, 0.15) is 10.6 Å². The minimum Gasteiger partial charge on any atom is -0.437 e. The molecule has 0 amide bonds. The standard InChI is InChI=1S/C23H26ClN3O3S/c1-14-9-15(2)21(16(3)10-14)30-22-20(31(28,29)27-23(4,5)6)8-7-19(26-22)17-11-18(24)13-25-12-17/h7-13,27H,1-6H3. The highest BCUT2D eigenvalue weighted by Gasteiger charge is 2.27. The number of benzene rings is 1. The molecule has 164 valence electrons. The molecule has 8 heteroatoms. The van der Waals surface area contributed by atoms with E-state index in [2.05, 4.69) is 14.7 Å². The van der Waals surface area contributed by atoms with E-state index in [9.17, 15) is 8.42 Å². The molecule has 0 aliphatic rings. The van der Waals surface area contributed by atoms with Gasteiger partial charge in [-0.1, -0.05) is 29.3 Å². The Kier molecular flexibility index (Phi) is 6.41. The molecule has 3 rings (SSSR count). The quantitative estimate of drug-likeness (QED) is 0.537. The van der Waals surface area contributed by atoms with Gasteiger partial charge in [-0.2, -0.15) is 0 Å². The molecule has 2 aromatic heterocycles. The van der Waals surface area contributed by atoms with Crippen LogP contribution in [0.2, 0.25) is 5.02 Å². The van der Waals surface area contributed by atoms with Crippen molar-refractivity contribution in [2.75, 3.05) is 0 Å². The lowest BCUT2D eigenvalue weighted by atomic mass is 10.1. The first-order chi connectivity index (χ1) is 14.4. The normalized spacial score (nSPS) is 12.1. The van der Waals surface area contributed by atoms with Gasteiger partial charge in [-0.05, 0) is 70.9 Å². The molecule has 0 spiro atoms. The van der Waals surface area contributed by atoms with Gasteiger partial charge in [-0.25, -0.2) is 18.1 Å². The van der Waals surface area contributed by atoms with Crippen molar-refractivity contribution in [1.82, 2.24) is 14.7 Å². The molecule has 6 nitrogen and oxygen atoms in total. The monoisotopic (exact) mass is 459 g/mol. The highest BCUT2D eigenvalue weighted by atomic mass is 35.5. The van der Waals surface area contributed by atoms with Gasteiger partial charge in [0, 0.05) is 23.5 Å². The van der Waals surface area contributed by atoms with Crippen molar-refractivity contribution >= 4 is 21.6 Å². The Morgan fingerprint density at radius 1 is 1.00 bits per heavy atom. The second-order valence-electron chi connectivity index (χ2n) is 8.58. The summed E-state index contributed by atoms with van der Waals surface area (Å²) in [4.78, 5) is 8.59. The fourth-order valence-electron chi connectivity index (χ4n) is 3.30. The van der Waals surface area contributed by atoms with Crippen molar-refractivity contribution in [3.8, 4) is 22.9 Å². The Hall–Kier alpha value is -2.48. The zero-order valence-electron chi connectivity index (χ0n) is 18.4. The molecule has 1 aromatic carbocycles. The summed E-state index contributed by atoms with van der Waals surface area (Å²) in [5.41, 5.74) is 3.37. The summed E-state index contributed by atoms with van der Waals surface area (Å²) in [5.74, 6) is 0.566. The maximum Gasteiger partial charge on any atom is 0.246 e. The molecule has 0 radical (unpaired) electrons. The second kappa shape index (κ2) is 8.57. The summed E-state index contributed by atoms with van der Waals surface area (Å²) in [6, 6.07) is 8.78. The highest BCUT2D eigenvalue weighted by Crippen LogP contribution is 2.34. The number of nitrogens with one attached hydrogen (secondary N) is 1. The zero-order chi connectivity index (χ0) is 23.0. The van der Waals surface area contributed by atoms with Crippen LogP contribution in [0.3, 0.4) is 0 Å². The highest BCUT2D eigenvalue weighted by molar-refractivity contribution is 7.89. The van der Waals surface area contributed by atoms with E-state index >= 15 is 0 Å². The molecular formula is C23H26ClN3O3S. The summed E-state index contributed by atoms with van der Waals surface area (Å²) in [6.45, 7) is 11.2. The van der Waals surface area contributed by atoms with Crippen LogP contribution in [0.1, 0.15) is 37.5 Å². The summed E-state index contributed by atoms with van der Waals surface area (Å²) in [7, 11) is -3.89. The van der Waals surface area contributed by atoms with Crippen molar-refractivity contribution in [3.63, 3.8) is 0 Å². The van der Waals surface area contributed by atoms with E-state index in [1.165, 1.54) is 12.3 Å². The molecular weight excluding hydrogens is 434 g/mol. The third-order valence-electron chi connectivity index (χ3n) is 4.36. The van der Waals surface area contributed by atoms with E-state index in [1.807, 2.05) is 32.9 Å². The number of aryl methyl sites for hydroxylation is 3. The topological polar surface area (TPSA) is 81.2 Å². The molecule has 0 fully saturated rings. The Morgan fingerprint density at radius 2 is 1.65 bits per heavy atom. The average Bonchev–Trinajstić information content (AvgIpc) is 2.62. The van der Waals surface area contributed by atoms with Crippen LogP contribution in [0, 0.1) is 20.8 Å². The summed E-state index contributed by atoms with van der Waals surface area (Å²) < 4.78 is 35.0. The molecule has 0 atom stereocenters. The number of ether oxygens (including phenoxy) is 1. The van der Waals surface area contributed by atoms with E-state index in [1.54, 1.807) is 39.1 Å². The van der Waals surface area contributed by atoms with Gasteiger partial charge in [0.15, 0.2) is 0 Å². The van der Waals surface area contributed by atoms with Gasteiger partial charge in [-0.3, -0.25) is 4.98 Å². The molecule has 0 saturated carbocycles. The lowest BCUT2D eigenvalue weighted by molar-refractivity contribution is 0.437. The molecule has 2 heterocycles. The predicted molar refractivity (Wildman–Crippen MR) is 123 cm³/mol. The first-order valence-corrected chi connectivity index (χ1v) is 11.6. The molecule has 1 N–H and O–H groups in total. The minimum atomic E-state index is -3.89. The molecule has 0 saturated heterocycles. The van der Waals surface area contributed by atoms with Crippen molar-refractivity contribution in [3.05, 3.63) is 64.4 Å². The predicted octanol–water partition coefficient (Wildman–Crippen LogP) is 5.59. The molecule has 0 unspecified atom stereocenters. The molecule has 0 aliphatic heterocycles. The number of hydrogen-bond donors (Lipinski definition) is 1. The van der Waals surface area contributed by atoms with Crippen LogP contribution in [0.5, 0.6) is 11.6 Å². The fraction of sp³-hybridized carbons (Fsp3) is 0.304. The molecule has 3 aromatic rings. The van der Waals surface area contributed by atoms with Gasteiger partial charge in [0.2, 0.25) is 15.9 Å². The number of hydrogen-bond acceptors (Lipinski definition) is 5. The summed E-state index contributed by atoms with van der Waals surface area (Å²) in [6.07, 6.45) is 3.13. The number of pyridine rings is 2. The van der Waals surface area contributed by atoms with Gasteiger partial charge in [-0.15, -0.1) is 0 Å². The SMILES string of the molecule is Cc1cc(C)c(Oc2nc(-c3cncc(Cl)c3)ccc2S(=O)(=O)NC(C)(C)C)c(C)c1. The van der Waals surface area contributed by atoms with Crippen molar-refractivity contribution in [2.24, 2.45) is 0 Å². The number of rotatable bonds is 5. The van der Waals surface area contributed by atoms with Crippen LogP contribution in [-0.4, -0.2) is 23.9 Å². The Bertz CT molecular complexity index is 1210. The Morgan fingerprint density at radius 3 is 2.23 bits per heavy atom. The minimum absolute atomic E-state index is 0.00993. The Balaban J connectivity index is 2.18. The van der Waals surface area contributed by atoms with Crippen molar-refractivity contribution in [2.45, 2.75) is 52.0 Å². The Labute approximate surface area is 188 Å². The third kappa shape index (κ3) is 5.61. The van der Waals surface area contributed by atoms with E-state index in [4.69, 9.17) is 16.3 Å². The van der Waals surface area contributed by atoms with Crippen LogP contribution in [0.15, 0.2) is 47.6 Å².